The fraction of sp³-hybridized carbons (Fsp3) is 0.375. The summed E-state index contributed by atoms with van der Waals surface area (Å²) in [5.41, 5.74) is 2.50. The molecule has 1 aliphatic rings. The van der Waals surface area contributed by atoms with E-state index in [1.165, 1.54) is 5.56 Å². The van der Waals surface area contributed by atoms with E-state index in [0.29, 0.717) is 12.5 Å². The molecular formula is C24H32N2O. The van der Waals surface area contributed by atoms with Gasteiger partial charge in [0.15, 0.2) is 0 Å². The van der Waals surface area contributed by atoms with Gasteiger partial charge in [-0.25, -0.2) is 4.79 Å². The van der Waals surface area contributed by atoms with E-state index in [9.17, 15) is 4.79 Å². The maximum atomic E-state index is 12.7. The topological polar surface area (TPSA) is 32.3 Å². The Morgan fingerprint density at radius 1 is 1.19 bits per heavy atom. The number of hydrogen-bond acceptors (Lipinski definition) is 1. The van der Waals surface area contributed by atoms with Crippen molar-refractivity contribution < 1.29 is 4.79 Å². The molecule has 2 atom stereocenters. The summed E-state index contributed by atoms with van der Waals surface area (Å²) in [6.07, 6.45) is 13.6. The molecule has 1 heterocycles. The number of nitrogens with zero attached hydrogens (tertiary/aromatic N) is 1. The third-order valence-electron chi connectivity index (χ3n) is 5.10. The molecule has 0 spiro atoms. The number of likely N-dealkylation sites (tertiary alicyclic amines) is 1. The molecule has 0 aromatic heterocycles. The predicted octanol–water partition coefficient (Wildman–Crippen LogP) is 5.60. The van der Waals surface area contributed by atoms with Gasteiger partial charge in [0, 0.05) is 13.1 Å². The maximum Gasteiger partial charge on any atom is 0.317 e. The molecular weight excluding hydrogens is 332 g/mol. The summed E-state index contributed by atoms with van der Waals surface area (Å²) in [4.78, 5) is 14.7. The SMILES string of the molecule is C=C/C=C\C(=C/C=C)C1CCC(c2ccccc2)CCCN1C(=O)NCC. The summed E-state index contributed by atoms with van der Waals surface area (Å²) in [5, 5.41) is 2.98. The van der Waals surface area contributed by atoms with Gasteiger partial charge in [-0.2, -0.15) is 0 Å². The van der Waals surface area contributed by atoms with Crippen molar-refractivity contribution >= 4 is 6.03 Å². The van der Waals surface area contributed by atoms with E-state index in [0.717, 1.165) is 37.8 Å². The van der Waals surface area contributed by atoms with Crippen LogP contribution in [0.4, 0.5) is 4.79 Å². The quantitative estimate of drug-likeness (QED) is 0.655. The molecule has 0 saturated carbocycles. The lowest BCUT2D eigenvalue weighted by atomic mass is 9.85. The van der Waals surface area contributed by atoms with Crippen molar-refractivity contribution in [2.45, 2.75) is 44.6 Å². The zero-order chi connectivity index (χ0) is 19.5. The Kier molecular flexibility index (Phi) is 8.63. The van der Waals surface area contributed by atoms with Crippen LogP contribution in [-0.4, -0.2) is 30.1 Å². The lowest BCUT2D eigenvalue weighted by molar-refractivity contribution is 0.172. The number of rotatable bonds is 6. The van der Waals surface area contributed by atoms with E-state index >= 15 is 0 Å². The van der Waals surface area contributed by atoms with Crippen LogP contribution in [0.15, 0.2) is 79.4 Å². The molecule has 1 fully saturated rings. The first kappa shape index (κ1) is 20.8. The average Bonchev–Trinajstić information content (AvgIpc) is 2.66. The Labute approximate surface area is 164 Å². The summed E-state index contributed by atoms with van der Waals surface area (Å²) in [6.45, 7) is 11.0. The molecule has 1 saturated heterocycles. The minimum absolute atomic E-state index is 0.0163. The smallest absolute Gasteiger partial charge is 0.317 e. The first-order valence-corrected chi connectivity index (χ1v) is 9.92. The molecule has 2 amide bonds. The second-order valence-electron chi connectivity index (χ2n) is 6.87. The van der Waals surface area contributed by atoms with Crippen molar-refractivity contribution in [3.8, 4) is 0 Å². The summed E-state index contributed by atoms with van der Waals surface area (Å²) < 4.78 is 0. The maximum absolute atomic E-state index is 12.7. The highest BCUT2D eigenvalue weighted by Crippen LogP contribution is 2.32. The number of hydrogen-bond donors (Lipinski definition) is 1. The zero-order valence-corrected chi connectivity index (χ0v) is 16.4. The van der Waals surface area contributed by atoms with Crippen LogP contribution in [0.25, 0.3) is 0 Å². The molecule has 0 aliphatic carbocycles. The van der Waals surface area contributed by atoms with Crippen LogP contribution >= 0.6 is 0 Å². The van der Waals surface area contributed by atoms with Gasteiger partial charge >= 0.3 is 6.03 Å². The first-order chi connectivity index (χ1) is 13.2. The third-order valence-corrected chi connectivity index (χ3v) is 5.10. The lowest BCUT2D eigenvalue weighted by Gasteiger charge is -2.36. The van der Waals surface area contributed by atoms with Crippen molar-refractivity contribution in [2.75, 3.05) is 13.1 Å². The number of nitrogens with one attached hydrogen (secondary N) is 1. The van der Waals surface area contributed by atoms with Crippen molar-refractivity contribution in [2.24, 2.45) is 0 Å². The van der Waals surface area contributed by atoms with Gasteiger partial charge in [0.1, 0.15) is 0 Å². The van der Waals surface area contributed by atoms with Gasteiger partial charge in [-0.1, -0.05) is 73.9 Å². The van der Waals surface area contributed by atoms with Crippen LogP contribution in [0.2, 0.25) is 0 Å². The lowest BCUT2D eigenvalue weighted by Crippen LogP contribution is -2.48. The molecule has 3 heteroatoms. The monoisotopic (exact) mass is 364 g/mol. The fourth-order valence-corrected chi connectivity index (χ4v) is 3.82. The third kappa shape index (κ3) is 5.99. The van der Waals surface area contributed by atoms with Crippen LogP contribution < -0.4 is 5.32 Å². The fourth-order valence-electron chi connectivity index (χ4n) is 3.82. The zero-order valence-electron chi connectivity index (χ0n) is 16.4. The van der Waals surface area contributed by atoms with E-state index in [-0.39, 0.29) is 12.1 Å². The molecule has 0 bridgehead atoms. The van der Waals surface area contributed by atoms with Crippen LogP contribution in [0.1, 0.15) is 44.1 Å². The Morgan fingerprint density at radius 2 is 1.96 bits per heavy atom. The second-order valence-corrected chi connectivity index (χ2v) is 6.87. The van der Waals surface area contributed by atoms with Crippen LogP contribution in [0.5, 0.6) is 0 Å². The molecule has 1 aromatic carbocycles. The molecule has 3 nitrogen and oxygen atoms in total. The summed E-state index contributed by atoms with van der Waals surface area (Å²) in [6, 6.07) is 10.8. The number of urea groups is 1. The summed E-state index contributed by atoms with van der Waals surface area (Å²) in [7, 11) is 0. The van der Waals surface area contributed by atoms with E-state index in [2.05, 4.69) is 48.8 Å². The van der Waals surface area contributed by atoms with Gasteiger partial charge in [-0.3, -0.25) is 0 Å². The van der Waals surface area contributed by atoms with Crippen LogP contribution in [-0.2, 0) is 0 Å². The average molecular weight is 365 g/mol. The number of allylic oxidation sites excluding steroid dienone is 4. The van der Waals surface area contributed by atoms with Crippen molar-refractivity contribution in [1.82, 2.24) is 10.2 Å². The Balaban J connectivity index is 2.29. The highest BCUT2D eigenvalue weighted by atomic mass is 16.2. The molecule has 2 rings (SSSR count). The first-order valence-electron chi connectivity index (χ1n) is 9.92. The van der Waals surface area contributed by atoms with Gasteiger partial charge < -0.3 is 10.2 Å². The normalized spacial score (nSPS) is 21.4. The highest BCUT2D eigenvalue weighted by molar-refractivity contribution is 5.75. The van der Waals surface area contributed by atoms with E-state index in [1.54, 1.807) is 12.2 Å². The number of carbonyl (C=O) groups is 1. The van der Waals surface area contributed by atoms with Crippen molar-refractivity contribution in [3.63, 3.8) is 0 Å². The molecule has 2 unspecified atom stereocenters. The number of benzene rings is 1. The summed E-state index contributed by atoms with van der Waals surface area (Å²) >= 11 is 0. The minimum Gasteiger partial charge on any atom is -0.338 e. The Hall–Kier alpha value is -2.55. The molecule has 0 radical (unpaired) electrons. The molecule has 144 valence electrons. The largest absolute Gasteiger partial charge is 0.338 e. The van der Waals surface area contributed by atoms with Crippen LogP contribution in [0, 0.1) is 0 Å². The van der Waals surface area contributed by atoms with E-state index in [1.807, 2.05) is 30.1 Å². The summed E-state index contributed by atoms with van der Waals surface area (Å²) in [5.74, 6) is 0.540. The molecule has 1 aromatic rings. The Morgan fingerprint density at radius 3 is 2.63 bits per heavy atom. The molecule has 27 heavy (non-hydrogen) atoms. The Bertz CT molecular complexity index is 675. The van der Waals surface area contributed by atoms with Crippen LogP contribution in [0.3, 0.4) is 0 Å². The molecule has 1 aliphatic heterocycles. The van der Waals surface area contributed by atoms with Gasteiger partial charge in [-0.15, -0.1) is 0 Å². The minimum atomic E-state index is 0.0163. The highest BCUT2D eigenvalue weighted by Gasteiger charge is 2.28. The van der Waals surface area contributed by atoms with Gasteiger partial charge in [0.25, 0.3) is 0 Å². The van der Waals surface area contributed by atoms with Gasteiger partial charge in [0.2, 0.25) is 0 Å². The molecule has 1 N–H and O–H groups in total. The van der Waals surface area contributed by atoms with E-state index < -0.39 is 0 Å². The van der Waals surface area contributed by atoms with Crippen molar-refractivity contribution in [3.05, 3.63) is 85.0 Å². The van der Waals surface area contributed by atoms with Gasteiger partial charge in [0.05, 0.1) is 6.04 Å². The van der Waals surface area contributed by atoms with Crippen molar-refractivity contribution in [1.29, 1.82) is 0 Å². The second kappa shape index (κ2) is 11.2. The number of amides is 2. The predicted molar refractivity (Wildman–Crippen MR) is 115 cm³/mol. The van der Waals surface area contributed by atoms with Gasteiger partial charge in [-0.05, 0) is 49.7 Å². The standard InChI is InChI=1S/C24H32N2O/c1-4-7-13-22(12-5-2)23-18-17-21(20-14-9-8-10-15-20)16-11-19-26(23)24(27)25-6-3/h4-5,7-10,12-15,21,23H,1-2,6,11,16-19H2,3H3,(H,25,27)/b13-7-,22-12+. The van der Waals surface area contributed by atoms with E-state index in [4.69, 9.17) is 0 Å². The number of carbonyl (C=O) groups excluding carboxylic acids is 1.